The lowest BCUT2D eigenvalue weighted by atomic mass is 9.49. The zero-order valence-electron chi connectivity index (χ0n) is 25.1. The molecule has 0 aromatic carbocycles. The molecule has 8 rings (SSSR count). The number of nitrogens with zero attached hydrogens (tertiary/aromatic N) is 1. The number of fused-ring (bicyclic) bond motifs is 5. The van der Waals surface area contributed by atoms with E-state index in [4.69, 9.17) is 9.47 Å². The molecular weight excluding hydrogens is 574 g/mol. The van der Waals surface area contributed by atoms with Crippen LogP contribution in [-0.2, 0) is 9.47 Å². The van der Waals surface area contributed by atoms with Gasteiger partial charge in [-0.1, -0.05) is 13.8 Å². The lowest BCUT2D eigenvalue weighted by Gasteiger charge is -2.68. The number of rotatable bonds is 2. The molecule has 0 unspecified atom stereocenters. The summed E-state index contributed by atoms with van der Waals surface area (Å²) in [6.45, 7) is 6.65. The van der Waals surface area contributed by atoms with Crippen LogP contribution in [0.15, 0.2) is 16.8 Å². The van der Waals surface area contributed by atoms with Gasteiger partial charge < -0.3 is 40.1 Å². The summed E-state index contributed by atoms with van der Waals surface area (Å²) in [7, 11) is 0. The Morgan fingerprint density at radius 1 is 1.00 bits per heavy atom. The van der Waals surface area contributed by atoms with Crippen molar-refractivity contribution in [3.05, 3.63) is 22.4 Å². The predicted molar refractivity (Wildman–Crippen MR) is 154 cm³/mol. The predicted octanol–water partition coefficient (Wildman–Crippen LogP) is 1.40. The molecular formula is C32H45NO9S. The van der Waals surface area contributed by atoms with Crippen LogP contribution in [0.4, 0.5) is 0 Å². The van der Waals surface area contributed by atoms with Crippen molar-refractivity contribution < 1.29 is 44.9 Å². The van der Waals surface area contributed by atoms with E-state index in [1.807, 2.05) is 6.92 Å². The van der Waals surface area contributed by atoms with Crippen molar-refractivity contribution in [2.75, 3.05) is 13.1 Å². The average molecular weight is 620 g/mol. The molecule has 14 atom stereocenters. The molecule has 1 aromatic rings. The fourth-order valence-corrected chi connectivity index (χ4v) is 12.6. The van der Waals surface area contributed by atoms with Crippen molar-refractivity contribution in [1.82, 2.24) is 4.90 Å². The van der Waals surface area contributed by atoms with Gasteiger partial charge in [0, 0.05) is 60.5 Å². The summed E-state index contributed by atoms with van der Waals surface area (Å²) >= 11 is 1.38. The molecule has 3 aliphatic heterocycles. The quantitative estimate of drug-likeness (QED) is 0.267. The number of aliphatic hydroxyl groups is 6. The summed E-state index contributed by atoms with van der Waals surface area (Å²) in [6.07, 6.45) is 0.591. The van der Waals surface area contributed by atoms with Crippen LogP contribution in [0.25, 0.3) is 0 Å². The highest BCUT2D eigenvalue weighted by Crippen LogP contribution is 2.78. The molecule has 43 heavy (non-hydrogen) atoms. The molecule has 4 heterocycles. The number of aliphatic hydroxyl groups excluding tert-OH is 1. The first kappa shape index (κ1) is 29.3. The van der Waals surface area contributed by atoms with Gasteiger partial charge in [-0.3, -0.25) is 4.90 Å². The number of hydrogen-bond donors (Lipinski definition) is 6. The second-order valence-electron chi connectivity index (χ2n) is 15.7. The van der Waals surface area contributed by atoms with Gasteiger partial charge in [0.05, 0.1) is 17.3 Å². The Morgan fingerprint density at radius 3 is 2.47 bits per heavy atom. The molecule has 238 valence electrons. The van der Waals surface area contributed by atoms with Crippen molar-refractivity contribution in [1.29, 1.82) is 0 Å². The van der Waals surface area contributed by atoms with Gasteiger partial charge >= 0.3 is 5.97 Å². The number of ether oxygens (including phenoxy) is 2. The Kier molecular flexibility index (Phi) is 5.85. The third kappa shape index (κ3) is 3.15. The standard InChI is InChI=1S/C32H45NO9S/c1-17-4-7-22-27(3,36)31(39)21(14-33(22)13-17)29(38)16-30-20(28(29,37)12-23(31)34)6-5-19-26(30,2)10-8-24(32(19,40)42-30)41-25(35)18-9-11-43-15-18/h9,11,15,17,19-24,34,36-40H,4-8,10,12-14,16H2,1-3H3/t17-,19-,20-,21-,22-,23-,24-,26-,27+,28+,29+,30+,31-,32-/m0/s1. The van der Waals surface area contributed by atoms with E-state index in [0.29, 0.717) is 50.1 Å². The monoisotopic (exact) mass is 619 g/mol. The highest BCUT2D eigenvalue weighted by atomic mass is 32.1. The Bertz CT molecular complexity index is 1340. The molecule has 7 fully saturated rings. The third-order valence-corrected chi connectivity index (χ3v) is 14.7. The molecule has 1 spiro atoms. The van der Waals surface area contributed by atoms with Crippen molar-refractivity contribution in [3.8, 4) is 0 Å². The third-order valence-electron chi connectivity index (χ3n) is 14.1. The van der Waals surface area contributed by atoms with E-state index in [0.717, 1.165) is 6.42 Å². The zero-order chi connectivity index (χ0) is 30.6. The number of hydrogen-bond acceptors (Lipinski definition) is 11. The van der Waals surface area contributed by atoms with Gasteiger partial charge in [0.25, 0.3) is 0 Å². The minimum absolute atomic E-state index is 0.0640. The smallest absolute Gasteiger partial charge is 0.339 e. The van der Waals surface area contributed by atoms with E-state index in [2.05, 4.69) is 11.8 Å². The molecule has 10 nitrogen and oxygen atoms in total. The van der Waals surface area contributed by atoms with Gasteiger partial charge in [0.2, 0.25) is 5.79 Å². The lowest BCUT2D eigenvalue weighted by Crippen LogP contribution is -2.85. The fraction of sp³-hybridized carbons (Fsp3) is 0.844. The fourth-order valence-electron chi connectivity index (χ4n) is 12.0. The van der Waals surface area contributed by atoms with E-state index >= 15 is 0 Å². The molecule has 3 saturated heterocycles. The second-order valence-corrected chi connectivity index (χ2v) is 16.5. The van der Waals surface area contributed by atoms with Gasteiger partial charge in [-0.25, -0.2) is 4.79 Å². The van der Waals surface area contributed by atoms with Crippen LogP contribution < -0.4 is 0 Å². The van der Waals surface area contributed by atoms with Crippen LogP contribution in [0.5, 0.6) is 0 Å². The SMILES string of the molecule is C[C@H]1CC[C@@H]2N(C1)C[C@@H]1[C@](O)([C@@H](O)C[C@@]3(O)[C@@H]4CC[C@@H]5[C@]6(O)O[C@@]4(C[C@@]13O)[C@@]5(C)CC[C@@H]6OC(=O)c1ccsc1)[C@]2(C)O. The first-order chi connectivity index (χ1) is 20.1. The van der Waals surface area contributed by atoms with Crippen molar-refractivity contribution in [2.45, 2.75) is 124 Å². The van der Waals surface area contributed by atoms with E-state index in [-0.39, 0.29) is 25.4 Å². The normalized spacial score (nSPS) is 58.7. The largest absolute Gasteiger partial charge is 0.453 e. The van der Waals surface area contributed by atoms with Crippen molar-refractivity contribution in [3.63, 3.8) is 0 Å². The number of esters is 1. The molecule has 7 aliphatic rings. The van der Waals surface area contributed by atoms with Crippen LogP contribution in [-0.4, -0.2) is 107 Å². The highest BCUT2D eigenvalue weighted by molar-refractivity contribution is 7.08. The van der Waals surface area contributed by atoms with E-state index in [9.17, 15) is 35.4 Å². The Hall–Kier alpha value is -1.15. The van der Waals surface area contributed by atoms with E-state index < -0.39 is 75.1 Å². The molecule has 4 saturated carbocycles. The van der Waals surface area contributed by atoms with Crippen molar-refractivity contribution >= 4 is 17.3 Å². The van der Waals surface area contributed by atoms with Gasteiger partial charge in [-0.05, 0) is 62.8 Å². The van der Waals surface area contributed by atoms with Crippen LogP contribution in [0.1, 0.15) is 82.5 Å². The minimum atomic E-state index is -2.07. The maximum Gasteiger partial charge on any atom is 0.339 e. The van der Waals surface area contributed by atoms with Crippen LogP contribution >= 0.6 is 11.3 Å². The van der Waals surface area contributed by atoms with Gasteiger partial charge in [0.15, 0.2) is 6.10 Å². The number of thiophene rings is 1. The Morgan fingerprint density at radius 2 is 1.74 bits per heavy atom. The molecule has 0 radical (unpaired) electrons. The van der Waals surface area contributed by atoms with E-state index in [1.54, 1.807) is 23.8 Å². The summed E-state index contributed by atoms with van der Waals surface area (Å²) in [4.78, 5) is 15.1. The molecule has 4 bridgehead atoms. The van der Waals surface area contributed by atoms with Gasteiger partial charge in [0.1, 0.15) is 22.4 Å². The molecule has 0 amide bonds. The maximum atomic E-state index is 13.0. The van der Waals surface area contributed by atoms with Gasteiger partial charge in [-0.15, -0.1) is 0 Å². The average Bonchev–Trinajstić information content (AvgIpc) is 3.53. The van der Waals surface area contributed by atoms with Crippen LogP contribution in [0, 0.1) is 29.1 Å². The minimum Gasteiger partial charge on any atom is -0.453 e. The second kappa shape index (κ2) is 8.60. The summed E-state index contributed by atoms with van der Waals surface area (Å²) in [5, 5.41) is 77.6. The van der Waals surface area contributed by atoms with Crippen molar-refractivity contribution in [2.24, 2.45) is 29.1 Å². The zero-order valence-corrected chi connectivity index (χ0v) is 25.9. The maximum absolute atomic E-state index is 13.0. The van der Waals surface area contributed by atoms with E-state index in [1.165, 1.54) is 11.3 Å². The Labute approximate surface area is 255 Å². The molecule has 1 aromatic heterocycles. The molecule has 4 aliphatic carbocycles. The first-order valence-corrected chi connectivity index (χ1v) is 17.0. The summed E-state index contributed by atoms with van der Waals surface area (Å²) in [5.41, 5.74) is -9.01. The number of carbonyl (C=O) groups is 1. The molecule has 6 N–H and O–H groups in total. The first-order valence-electron chi connectivity index (χ1n) is 16.1. The van der Waals surface area contributed by atoms with Gasteiger partial charge in [-0.2, -0.15) is 11.3 Å². The summed E-state index contributed by atoms with van der Waals surface area (Å²) in [6, 6.07) is 1.29. The van der Waals surface area contributed by atoms with Crippen LogP contribution in [0.2, 0.25) is 0 Å². The number of carbonyl (C=O) groups excluding carboxylic acids is 1. The number of piperidine rings is 2. The summed E-state index contributed by atoms with van der Waals surface area (Å²) < 4.78 is 12.7. The highest BCUT2D eigenvalue weighted by Gasteiger charge is 2.88. The topological polar surface area (TPSA) is 160 Å². The lowest BCUT2D eigenvalue weighted by molar-refractivity contribution is -0.354. The summed E-state index contributed by atoms with van der Waals surface area (Å²) in [5.74, 6) is -4.09. The molecule has 11 heteroatoms. The Balaban J connectivity index is 1.21. The van der Waals surface area contributed by atoms with Crippen LogP contribution in [0.3, 0.4) is 0 Å².